The average molecular weight is 426 g/mol. The lowest BCUT2D eigenvalue weighted by Crippen LogP contribution is -2.54. The molecule has 27 heavy (non-hydrogen) atoms. The van der Waals surface area contributed by atoms with Crippen molar-refractivity contribution in [1.29, 1.82) is 0 Å². The van der Waals surface area contributed by atoms with Crippen LogP contribution in [0.3, 0.4) is 0 Å². The Hall–Kier alpha value is -1.02. The van der Waals surface area contributed by atoms with Gasteiger partial charge in [0, 0.05) is 26.1 Å². The lowest BCUT2D eigenvalue weighted by molar-refractivity contribution is -0.174. The number of rotatable bonds is 6. The maximum absolute atomic E-state index is 13.3. The SMILES string of the molecule is CN(C)C(=O)C(NCC[C@]1(c2ccc(Cl)c(Cl)c2)CCCNC1)C(F)(F)F. The molecule has 9 heteroatoms. The second kappa shape index (κ2) is 8.99. The number of piperidine rings is 1. The molecule has 0 aliphatic carbocycles. The van der Waals surface area contributed by atoms with Crippen molar-refractivity contribution in [3.63, 3.8) is 0 Å². The van der Waals surface area contributed by atoms with E-state index in [2.05, 4.69) is 10.6 Å². The fourth-order valence-electron chi connectivity index (χ4n) is 3.45. The van der Waals surface area contributed by atoms with Crippen LogP contribution >= 0.6 is 23.2 Å². The van der Waals surface area contributed by atoms with Crippen molar-refractivity contribution in [2.75, 3.05) is 33.7 Å². The first-order valence-electron chi connectivity index (χ1n) is 8.74. The normalized spacial score (nSPS) is 21.7. The highest BCUT2D eigenvalue weighted by atomic mass is 35.5. The zero-order valence-corrected chi connectivity index (χ0v) is 16.8. The van der Waals surface area contributed by atoms with Crippen LogP contribution in [-0.4, -0.2) is 56.8 Å². The highest BCUT2D eigenvalue weighted by Crippen LogP contribution is 2.37. The second-order valence-electron chi connectivity index (χ2n) is 7.10. The number of halogens is 5. The average Bonchev–Trinajstić information content (AvgIpc) is 2.60. The van der Waals surface area contributed by atoms with Gasteiger partial charge in [-0.15, -0.1) is 0 Å². The van der Waals surface area contributed by atoms with Crippen molar-refractivity contribution in [3.8, 4) is 0 Å². The smallest absolute Gasteiger partial charge is 0.347 e. The fourth-order valence-corrected chi connectivity index (χ4v) is 3.75. The molecule has 2 atom stereocenters. The summed E-state index contributed by atoms with van der Waals surface area (Å²) in [5, 5.41) is 6.58. The molecular weight excluding hydrogens is 402 g/mol. The number of nitrogens with zero attached hydrogens (tertiary/aromatic N) is 1. The molecule has 1 saturated heterocycles. The van der Waals surface area contributed by atoms with Gasteiger partial charge in [0.25, 0.3) is 0 Å². The topological polar surface area (TPSA) is 44.4 Å². The summed E-state index contributed by atoms with van der Waals surface area (Å²) in [5.74, 6) is -1.01. The Kier molecular flexibility index (Phi) is 7.41. The van der Waals surface area contributed by atoms with E-state index in [9.17, 15) is 18.0 Å². The van der Waals surface area contributed by atoms with Crippen LogP contribution in [0.4, 0.5) is 13.2 Å². The summed E-state index contributed by atoms with van der Waals surface area (Å²) >= 11 is 12.1. The molecule has 1 aromatic rings. The van der Waals surface area contributed by atoms with Crippen molar-refractivity contribution in [1.82, 2.24) is 15.5 Å². The molecule has 0 spiro atoms. The van der Waals surface area contributed by atoms with Crippen LogP contribution in [0, 0.1) is 0 Å². The predicted octanol–water partition coefficient (Wildman–Crippen LogP) is 3.61. The Labute approximate surface area is 167 Å². The summed E-state index contributed by atoms with van der Waals surface area (Å²) in [6.45, 7) is 1.54. The summed E-state index contributed by atoms with van der Waals surface area (Å²) < 4.78 is 39.8. The third-order valence-electron chi connectivity index (χ3n) is 4.97. The third kappa shape index (κ3) is 5.50. The number of alkyl halides is 3. The largest absolute Gasteiger partial charge is 0.412 e. The molecule has 1 unspecified atom stereocenters. The maximum atomic E-state index is 13.3. The molecule has 1 amide bonds. The van der Waals surface area contributed by atoms with Gasteiger partial charge in [0.15, 0.2) is 6.04 Å². The summed E-state index contributed by atoms with van der Waals surface area (Å²) in [5.41, 5.74) is 0.574. The molecule has 0 saturated carbocycles. The van der Waals surface area contributed by atoms with Crippen LogP contribution in [0.25, 0.3) is 0 Å². The number of amides is 1. The monoisotopic (exact) mass is 425 g/mol. The molecule has 0 radical (unpaired) electrons. The van der Waals surface area contributed by atoms with Crippen molar-refractivity contribution >= 4 is 29.1 Å². The second-order valence-corrected chi connectivity index (χ2v) is 7.92. The summed E-state index contributed by atoms with van der Waals surface area (Å²) in [4.78, 5) is 12.8. The molecule has 152 valence electrons. The third-order valence-corrected chi connectivity index (χ3v) is 5.71. The molecule has 1 aromatic carbocycles. The number of carbonyl (C=O) groups excluding carboxylic acids is 1. The van der Waals surface area contributed by atoms with Crippen LogP contribution in [-0.2, 0) is 10.2 Å². The number of hydrogen-bond acceptors (Lipinski definition) is 3. The van der Waals surface area contributed by atoms with E-state index in [4.69, 9.17) is 23.2 Å². The van der Waals surface area contributed by atoms with Crippen LogP contribution in [0.5, 0.6) is 0 Å². The Morgan fingerprint density at radius 3 is 2.56 bits per heavy atom. The van der Waals surface area contributed by atoms with Gasteiger partial charge in [-0.1, -0.05) is 29.3 Å². The molecule has 1 fully saturated rings. The van der Waals surface area contributed by atoms with Crippen LogP contribution in [0.15, 0.2) is 18.2 Å². The molecule has 2 rings (SSSR count). The van der Waals surface area contributed by atoms with E-state index in [1.165, 1.54) is 14.1 Å². The Morgan fingerprint density at radius 2 is 2.04 bits per heavy atom. The van der Waals surface area contributed by atoms with Crippen molar-refractivity contribution in [2.45, 2.75) is 36.9 Å². The molecule has 0 aromatic heterocycles. The molecule has 1 heterocycles. The van der Waals surface area contributed by atoms with Crippen molar-refractivity contribution < 1.29 is 18.0 Å². The van der Waals surface area contributed by atoms with Gasteiger partial charge in [-0.05, 0) is 50.0 Å². The van der Waals surface area contributed by atoms with E-state index in [1.54, 1.807) is 12.1 Å². The molecule has 1 aliphatic rings. The van der Waals surface area contributed by atoms with Crippen molar-refractivity contribution in [3.05, 3.63) is 33.8 Å². The van der Waals surface area contributed by atoms with E-state index in [0.717, 1.165) is 29.8 Å². The van der Waals surface area contributed by atoms with Crippen LogP contribution < -0.4 is 10.6 Å². The van der Waals surface area contributed by atoms with Gasteiger partial charge in [0.1, 0.15) is 0 Å². The van der Waals surface area contributed by atoms with Crippen molar-refractivity contribution in [2.24, 2.45) is 0 Å². The first-order chi connectivity index (χ1) is 12.6. The highest BCUT2D eigenvalue weighted by molar-refractivity contribution is 6.42. The molecular formula is C18H24Cl2F3N3O. The quantitative estimate of drug-likeness (QED) is 0.731. The molecule has 0 bridgehead atoms. The van der Waals surface area contributed by atoms with Crippen LogP contribution in [0.1, 0.15) is 24.8 Å². The Balaban J connectivity index is 2.16. The first-order valence-corrected chi connectivity index (χ1v) is 9.50. The maximum Gasteiger partial charge on any atom is 0.412 e. The minimum Gasteiger partial charge on any atom is -0.347 e. The minimum atomic E-state index is -4.65. The Morgan fingerprint density at radius 1 is 1.33 bits per heavy atom. The molecule has 4 nitrogen and oxygen atoms in total. The zero-order chi connectivity index (χ0) is 20.2. The van der Waals surface area contributed by atoms with E-state index in [1.807, 2.05) is 6.07 Å². The Bertz CT molecular complexity index is 662. The zero-order valence-electron chi connectivity index (χ0n) is 15.3. The first kappa shape index (κ1) is 22.3. The van der Waals surface area contributed by atoms with E-state index >= 15 is 0 Å². The molecule has 2 N–H and O–H groups in total. The number of likely N-dealkylation sites (N-methyl/N-ethyl adjacent to an activating group) is 1. The molecule has 1 aliphatic heterocycles. The van der Waals surface area contributed by atoms with Gasteiger partial charge in [0.05, 0.1) is 10.0 Å². The van der Waals surface area contributed by atoms with E-state index < -0.39 is 18.1 Å². The lowest BCUT2D eigenvalue weighted by Gasteiger charge is -2.39. The fraction of sp³-hybridized carbons (Fsp3) is 0.611. The summed E-state index contributed by atoms with van der Waals surface area (Å²) in [6, 6.07) is 3.14. The van der Waals surface area contributed by atoms with Gasteiger partial charge >= 0.3 is 6.18 Å². The van der Waals surface area contributed by atoms with Gasteiger partial charge in [-0.2, -0.15) is 13.2 Å². The number of nitrogens with one attached hydrogen (secondary N) is 2. The van der Waals surface area contributed by atoms with Gasteiger partial charge in [0.2, 0.25) is 5.91 Å². The standard InChI is InChI=1S/C18H24Cl2F3N3O/c1-26(2)16(27)15(18(21,22)23)25-9-7-17(6-3-8-24-11-17)12-4-5-13(19)14(20)10-12/h4-5,10,15,24-25H,3,6-9,11H2,1-2H3/t15?,17-/m1/s1. The van der Waals surface area contributed by atoms with E-state index in [-0.39, 0.29) is 12.0 Å². The summed E-state index contributed by atoms with van der Waals surface area (Å²) in [6.07, 6.45) is -2.49. The lowest BCUT2D eigenvalue weighted by atomic mass is 9.72. The van der Waals surface area contributed by atoms with Gasteiger partial charge < -0.3 is 10.2 Å². The van der Waals surface area contributed by atoms with Gasteiger partial charge in [-0.3, -0.25) is 10.1 Å². The summed E-state index contributed by atoms with van der Waals surface area (Å²) in [7, 11) is 2.62. The number of hydrogen-bond donors (Lipinski definition) is 2. The number of benzene rings is 1. The van der Waals surface area contributed by atoms with Crippen LogP contribution in [0.2, 0.25) is 10.0 Å². The highest BCUT2D eigenvalue weighted by Gasteiger charge is 2.45. The van der Waals surface area contributed by atoms with Gasteiger partial charge in [-0.25, -0.2) is 0 Å². The number of carbonyl (C=O) groups is 1. The predicted molar refractivity (Wildman–Crippen MR) is 101 cm³/mol. The van der Waals surface area contributed by atoms with E-state index in [0.29, 0.717) is 23.0 Å². The minimum absolute atomic E-state index is 0.0473.